The van der Waals surface area contributed by atoms with Crippen LogP contribution in [0.2, 0.25) is 0 Å². The fourth-order valence-electron chi connectivity index (χ4n) is 2.64. The number of carbonyl (C=O) groups is 2. The molecular formula is C18H22N4O3S. The molecule has 1 aromatic heterocycles. The number of hydrogen-bond acceptors (Lipinski definition) is 5. The highest BCUT2D eigenvalue weighted by molar-refractivity contribution is 7.99. The van der Waals surface area contributed by atoms with Crippen molar-refractivity contribution < 1.29 is 14.3 Å². The van der Waals surface area contributed by atoms with Crippen molar-refractivity contribution in [3.63, 3.8) is 0 Å². The normalized spacial score (nSPS) is 16.4. The summed E-state index contributed by atoms with van der Waals surface area (Å²) >= 11 is 1.37. The molecule has 8 heteroatoms. The van der Waals surface area contributed by atoms with E-state index >= 15 is 0 Å². The summed E-state index contributed by atoms with van der Waals surface area (Å²) in [4.78, 5) is 28.3. The first-order chi connectivity index (χ1) is 12.6. The van der Waals surface area contributed by atoms with E-state index in [2.05, 4.69) is 15.6 Å². The molecule has 3 rings (SSSR count). The maximum absolute atomic E-state index is 12.1. The second kappa shape index (κ2) is 8.86. The number of hydrogen-bond donors (Lipinski definition) is 2. The van der Waals surface area contributed by atoms with Crippen LogP contribution in [-0.4, -0.2) is 46.4 Å². The molecule has 1 saturated heterocycles. The van der Waals surface area contributed by atoms with Crippen LogP contribution in [0.5, 0.6) is 0 Å². The van der Waals surface area contributed by atoms with E-state index in [0.717, 1.165) is 24.6 Å². The number of imidazole rings is 1. The molecule has 2 amide bonds. The van der Waals surface area contributed by atoms with Gasteiger partial charge in [-0.3, -0.25) is 9.59 Å². The molecule has 0 unspecified atom stereocenters. The van der Waals surface area contributed by atoms with Crippen molar-refractivity contribution in [2.75, 3.05) is 24.2 Å². The number of rotatable bonds is 7. The molecule has 1 aliphatic rings. The zero-order chi connectivity index (χ0) is 18.4. The lowest BCUT2D eigenvalue weighted by atomic mass is 10.2. The Balaban J connectivity index is 1.45. The second-order valence-corrected chi connectivity index (χ2v) is 7.02. The number of aromatic nitrogens is 2. The number of amides is 2. The highest BCUT2D eigenvalue weighted by atomic mass is 32.2. The zero-order valence-corrected chi connectivity index (χ0v) is 15.4. The highest BCUT2D eigenvalue weighted by Crippen LogP contribution is 2.16. The predicted octanol–water partition coefficient (Wildman–Crippen LogP) is 2.06. The molecule has 0 radical (unpaired) electrons. The molecule has 26 heavy (non-hydrogen) atoms. The van der Waals surface area contributed by atoms with E-state index in [-0.39, 0.29) is 23.7 Å². The minimum absolute atomic E-state index is 0.117. The first-order valence-corrected chi connectivity index (χ1v) is 9.50. The minimum atomic E-state index is -0.135. The Morgan fingerprint density at radius 1 is 1.35 bits per heavy atom. The topological polar surface area (TPSA) is 85.2 Å². The van der Waals surface area contributed by atoms with Crippen LogP contribution in [0.15, 0.2) is 41.8 Å². The summed E-state index contributed by atoms with van der Waals surface area (Å²) in [6.45, 7) is 1.30. The monoisotopic (exact) mass is 374 g/mol. The van der Waals surface area contributed by atoms with Crippen molar-refractivity contribution in [3.8, 4) is 0 Å². The smallest absolute Gasteiger partial charge is 0.251 e. The Morgan fingerprint density at radius 3 is 2.81 bits per heavy atom. The third-order valence-corrected chi connectivity index (χ3v) is 5.11. The van der Waals surface area contributed by atoms with Crippen LogP contribution >= 0.6 is 11.8 Å². The van der Waals surface area contributed by atoms with Crippen LogP contribution in [0.3, 0.4) is 0 Å². The first-order valence-electron chi connectivity index (χ1n) is 8.51. The Labute approximate surface area is 156 Å². The van der Waals surface area contributed by atoms with Crippen LogP contribution in [0.4, 0.5) is 5.69 Å². The molecule has 2 heterocycles. The van der Waals surface area contributed by atoms with Gasteiger partial charge >= 0.3 is 0 Å². The van der Waals surface area contributed by atoms with Gasteiger partial charge in [-0.1, -0.05) is 11.8 Å². The van der Waals surface area contributed by atoms with Gasteiger partial charge in [-0.15, -0.1) is 0 Å². The summed E-state index contributed by atoms with van der Waals surface area (Å²) in [6.07, 6.45) is 5.69. The average molecular weight is 374 g/mol. The number of benzene rings is 1. The van der Waals surface area contributed by atoms with Crippen LogP contribution in [-0.2, 0) is 16.6 Å². The van der Waals surface area contributed by atoms with E-state index in [0.29, 0.717) is 17.8 Å². The maximum atomic E-state index is 12.1. The molecule has 7 nitrogen and oxygen atoms in total. The molecule has 1 aromatic carbocycles. The van der Waals surface area contributed by atoms with Gasteiger partial charge in [0.25, 0.3) is 5.91 Å². The molecule has 0 aliphatic carbocycles. The van der Waals surface area contributed by atoms with E-state index in [1.165, 1.54) is 11.8 Å². The van der Waals surface area contributed by atoms with Crippen molar-refractivity contribution in [2.24, 2.45) is 7.05 Å². The van der Waals surface area contributed by atoms with Gasteiger partial charge in [-0.2, -0.15) is 0 Å². The van der Waals surface area contributed by atoms with E-state index in [1.54, 1.807) is 30.5 Å². The molecule has 138 valence electrons. The zero-order valence-electron chi connectivity index (χ0n) is 14.6. The van der Waals surface area contributed by atoms with Gasteiger partial charge < -0.3 is 19.9 Å². The summed E-state index contributed by atoms with van der Waals surface area (Å²) in [6, 6.07) is 6.85. The summed E-state index contributed by atoms with van der Waals surface area (Å²) < 4.78 is 7.35. The van der Waals surface area contributed by atoms with Crippen LogP contribution in [0, 0.1) is 0 Å². The fourth-order valence-corrected chi connectivity index (χ4v) is 3.37. The number of nitrogens with one attached hydrogen (secondary N) is 2. The Morgan fingerprint density at radius 2 is 2.15 bits per heavy atom. The van der Waals surface area contributed by atoms with Crippen molar-refractivity contribution in [1.29, 1.82) is 0 Å². The molecule has 0 spiro atoms. The lowest BCUT2D eigenvalue weighted by molar-refractivity contribution is -0.113. The van der Waals surface area contributed by atoms with Crippen molar-refractivity contribution in [2.45, 2.75) is 24.1 Å². The molecule has 2 N–H and O–H groups in total. The lowest BCUT2D eigenvalue weighted by Crippen LogP contribution is -2.31. The number of thioether (sulfide) groups is 1. The van der Waals surface area contributed by atoms with Crippen molar-refractivity contribution >= 4 is 29.3 Å². The van der Waals surface area contributed by atoms with Crippen molar-refractivity contribution in [3.05, 3.63) is 42.2 Å². The lowest BCUT2D eigenvalue weighted by Gasteiger charge is -2.11. The van der Waals surface area contributed by atoms with E-state index in [9.17, 15) is 9.59 Å². The SMILES string of the molecule is Cn1ccnc1SCC(=O)Nc1ccc(C(=O)NC[C@@H]2CCCO2)cc1. The maximum Gasteiger partial charge on any atom is 0.251 e. The van der Waals surface area contributed by atoms with Gasteiger partial charge in [-0.05, 0) is 37.1 Å². The van der Waals surface area contributed by atoms with E-state index in [1.807, 2.05) is 17.8 Å². The predicted molar refractivity (Wildman–Crippen MR) is 100 cm³/mol. The molecule has 1 aliphatic heterocycles. The van der Waals surface area contributed by atoms with Crippen molar-refractivity contribution in [1.82, 2.24) is 14.9 Å². The van der Waals surface area contributed by atoms with Gasteiger partial charge in [0.05, 0.1) is 11.9 Å². The van der Waals surface area contributed by atoms with Gasteiger partial charge in [0, 0.05) is 43.8 Å². The van der Waals surface area contributed by atoms with Gasteiger partial charge in [-0.25, -0.2) is 4.98 Å². The van der Waals surface area contributed by atoms with Gasteiger partial charge in [0.1, 0.15) is 0 Å². The van der Waals surface area contributed by atoms with Crippen LogP contribution < -0.4 is 10.6 Å². The Bertz CT molecular complexity index is 754. The quantitative estimate of drug-likeness (QED) is 0.725. The highest BCUT2D eigenvalue weighted by Gasteiger charge is 2.16. The fraction of sp³-hybridized carbons (Fsp3) is 0.389. The molecule has 2 aromatic rings. The van der Waals surface area contributed by atoms with E-state index < -0.39 is 0 Å². The first kappa shape index (κ1) is 18.5. The number of carbonyl (C=O) groups excluding carboxylic acids is 2. The summed E-state index contributed by atoms with van der Waals surface area (Å²) in [5.74, 6) is 0.0198. The third-order valence-electron chi connectivity index (χ3n) is 4.05. The molecule has 0 saturated carbocycles. The van der Waals surface area contributed by atoms with Crippen LogP contribution in [0.1, 0.15) is 23.2 Å². The number of aryl methyl sites for hydroxylation is 1. The molecule has 1 fully saturated rings. The summed E-state index contributed by atoms with van der Waals surface area (Å²) in [5.41, 5.74) is 1.22. The standard InChI is InChI=1S/C18H22N4O3S/c1-22-9-8-19-18(22)26-12-16(23)21-14-6-4-13(5-7-14)17(24)20-11-15-3-2-10-25-15/h4-9,15H,2-3,10-12H2,1H3,(H,20,24)(H,21,23)/t15-/m0/s1. The van der Waals surface area contributed by atoms with E-state index in [4.69, 9.17) is 4.74 Å². The number of anilines is 1. The largest absolute Gasteiger partial charge is 0.376 e. The third kappa shape index (κ3) is 5.09. The number of nitrogens with zero attached hydrogens (tertiary/aromatic N) is 2. The van der Waals surface area contributed by atoms with Gasteiger partial charge in [0.15, 0.2) is 5.16 Å². The average Bonchev–Trinajstić information content (AvgIpc) is 3.30. The summed E-state index contributed by atoms with van der Waals surface area (Å²) in [7, 11) is 1.88. The molecule has 1 atom stereocenters. The van der Waals surface area contributed by atoms with Crippen LogP contribution in [0.25, 0.3) is 0 Å². The second-order valence-electron chi connectivity index (χ2n) is 6.08. The molecular weight excluding hydrogens is 352 g/mol. The minimum Gasteiger partial charge on any atom is -0.376 e. The number of ether oxygens (including phenoxy) is 1. The molecule has 0 bridgehead atoms. The summed E-state index contributed by atoms with van der Waals surface area (Å²) in [5, 5.41) is 6.49. The Kier molecular flexibility index (Phi) is 6.30. The Hall–Kier alpha value is -2.32. The van der Waals surface area contributed by atoms with Gasteiger partial charge in [0.2, 0.25) is 5.91 Å².